The molecule has 1 rings (SSSR count). The molecule has 0 aliphatic heterocycles. The lowest BCUT2D eigenvalue weighted by Crippen LogP contribution is -2.14. The molecule has 0 fully saturated rings. The normalized spacial score (nSPS) is 7.53. The molecule has 8 heteroatoms. The molecular formula is C9H11NO7. The first-order valence-electron chi connectivity index (χ1n) is 3.88. The van der Waals surface area contributed by atoms with Crippen LogP contribution in [0.2, 0.25) is 0 Å². The van der Waals surface area contributed by atoms with Crippen molar-refractivity contribution in [1.29, 1.82) is 0 Å². The Bertz CT molecular complexity index is 307. The fraction of sp³-hybridized carbons (Fsp3) is 0. The van der Waals surface area contributed by atoms with Crippen molar-refractivity contribution >= 4 is 18.5 Å². The predicted octanol–water partition coefficient (Wildman–Crippen LogP) is 2.34. The highest BCUT2D eigenvalue weighted by Crippen LogP contribution is 1.85. The molecule has 0 heterocycles. The van der Waals surface area contributed by atoms with Crippen LogP contribution in [0.3, 0.4) is 0 Å². The summed E-state index contributed by atoms with van der Waals surface area (Å²) in [7, 11) is 0. The largest absolute Gasteiger partial charge is 0.528 e. The first-order chi connectivity index (χ1) is 7.52. The van der Waals surface area contributed by atoms with Crippen molar-refractivity contribution < 1.29 is 34.1 Å². The molecule has 0 saturated heterocycles. The van der Waals surface area contributed by atoms with E-state index in [1.54, 1.807) is 0 Å². The van der Waals surface area contributed by atoms with Crippen LogP contribution in [0, 0.1) is 0 Å². The van der Waals surface area contributed by atoms with Crippen LogP contribution in [-0.2, 0) is 9.47 Å². The van der Waals surface area contributed by atoms with Crippen LogP contribution in [0.4, 0.5) is 14.4 Å². The zero-order valence-electron chi connectivity index (χ0n) is 8.61. The lowest BCUT2D eigenvalue weighted by Gasteiger charge is -1.93. The van der Waals surface area contributed by atoms with E-state index in [4.69, 9.17) is 10.2 Å². The summed E-state index contributed by atoms with van der Waals surface area (Å²) in [6.45, 7) is 0. The van der Waals surface area contributed by atoms with Crippen molar-refractivity contribution in [3.63, 3.8) is 0 Å². The summed E-state index contributed by atoms with van der Waals surface area (Å²) in [6, 6.07) is 12.0. The van der Waals surface area contributed by atoms with Crippen molar-refractivity contribution in [3.05, 3.63) is 36.4 Å². The van der Waals surface area contributed by atoms with E-state index in [1.165, 1.54) is 0 Å². The molecule has 0 bridgehead atoms. The Kier molecular flexibility index (Phi) is 9.81. The van der Waals surface area contributed by atoms with Crippen molar-refractivity contribution in [2.45, 2.75) is 0 Å². The summed E-state index contributed by atoms with van der Waals surface area (Å²) in [4.78, 5) is 28.8. The van der Waals surface area contributed by atoms with Crippen LogP contribution in [0.5, 0.6) is 0 Å². The molecule has 0 aromatic heterocycles. The first-order valence-corrected chi connectivity index (χ1v) is 3.88. The van der Waals surface area contributed by atoms with Gasteiger partial charge in [-0.25, -0.2) is 14.4 Å². The van der Waals surface area contributed by atoms with Crippen molar-refractivity contribution in [2.24, 2.45) is 0 Å². The highest BCUT2D eigenvalue weighted by molar-refractivity contribution is 5.82. The van der Waals surface area contributed by atoms with Gasteiger partial charge in [-0.05, 0) is 0 Å². The minimum atomic E-state index is -1.92. The van der Waals surface area contributed by atoms with E-state index in [0.717, 1.165) is 0 Å². The van der Waals surface area contributed by atoms with E-state index in [-0.39, 0.29) is 6.15 Å². The Morgan fingerprint density at radius 3 is 1.12 bits per heavy atom. The second kappa shape index (κ2) is 9.93. The lowest BCUT2D eigenvalue weighted by atomic mass is 10.4. The number of rotatable bonds is 0. The predicted molar refractivity (Wildman–Crippen MR) is 55.1 cm³/mol. The smallest absolute Gasteiger partial charge is 0.449 e. The van der Waals surface area contributed by atoms with Gasteiger partial charge >= 0.3 is 18.5 Å². The van der Waals surface area contributed by atoms with E-state index >= 15 is 0 Å². The summed E-state index contributed by atoms with van der Waals surface area (Å²) >= 11 is 0. The zero-order valence-corrected chi connectivity index (χ0v) is 8.61. The Balaban J connectivity index is 0. The number of carboxylic acid groups (broad SMARTS) is 2. The molecule has 1 aromatic carbocycles. The number of benzene rings is 1. The molecule has 0 amide bonds. The third-order valence-electron chi connectivity index (χ3n) is 1.01. The molecule has 0 unspecified atom stereocenters. The lowest BCUT2D eigenvalue weighted by molar-refractivity contribution is 0.0548. The SMILES string of the molecule is N.O=C(O)OC(=O)OC(=O)O.c1ccccc1. The summed E-state index contributed by atoms with van der Waals surface area (Å²) in [6.07, 6.45) is -5.64. The molecule has 0 aliphatic rings. The van der Waals surface area contributed by atoms with Crippen molar-refractivity contribution in [3.8, 4) is 0 Å². The minimum Gasteiger partial charge on any atom is -0.449 e. The van der Waals surface area contributed by atoms with Gasteiger partial charge in [-0.15, -0.1) is 0 Å². The van der Waals surface area contributed by atoms with Gasteiger partial charge in [0.05, 0.1) is 0 Å². The third-order valence-corrected chi connectivity index (χ3v) is 1.01. The zero-order chi connectivity index (χ0) is 12.4. The van der Waals surface area contributed by atoms with Gasteiger partial charge in [0.1, 0.15) is 0 Å². The molecular weight excluding hydrogens is 234 g/mol. The maximum absolute atomic E-state index is 9.86. The highest BCUT2D eigenvalue weighted by atomic mass is 16.8. The molecule has 0 aliphatic carbocycles. The maximum Gasteiger partial charge on any atom is 0.528 e. The molecule has 94 valence electrons. The van der Waals surface area contributed by atoms with Gasteiger partial charge in [-0.3, -0.25) is 0 Å². The fourth-order valence-electron chi connectivity index (χ4n) is 0.548. The van der Waals surface area contributed by atoms with Crippen LogP contribution in [0.25, 0.3) is 0 Å². The quantitative estimate of drug-likeness (QED) is 0.466. The number of carbonyl (C=O) groups is 3. The third kappa shape index (κ3) is 13.4. The van der Waals surface area contributed by atoms with Crippen LogP contribution < -0.4 is 6.15 Å². The van der Waals surface area contributed by atoms with Gasteiger partial charge in [0, 0.05) is 0 Å². The fourth-order valence-corrected chi connectivity index (χ4v) is 0.548. The summed E-state index contributed by atoms with van der Waals surface area (Å²) in [5.74, 6) is 0. The molecule has 5 N–H and O–H groups in total. The summed E-state index contributed by atoms with van der Waals surface area (Å²) < 4.78 is 6.47. The van der Waals surface area contributed by atoms with Crippen LogP contribution in [0.1, 0.15) is 0 Å². The first kappa shape index (κ1) is 16.8. The Morgan fingerprint density at radius 1 is 0.706 bits per heavy atom. The molecule has 0 atom stereocenters. The van der Waals surface area contributed by atoms with E-state index in [0.29, 0.717) is 0 Å². The Hall–Kier alpha value is -2.61. The maximum atomic E-state index is 9.86. The average molecular weight is 245 g/mol. The number of hydrogen-bond donors (Lipinski definition) is 3. The van der Waals surface area contributed by atoms with E-state index in [9.17, 15) is 14.4 Å². The van der Waals surface area contributed by atoms with E-state index in [1.807, 2.05) is 36.4 Å². The Morgan fingerprint density at radius 2 is 0.941 bits per heavy atom. The summed E-state index contributed by atoms with van der Waals surface area (Å²) in [5, 5.41) is 15.4. The standard InChI is InChI=1S/C6H6.C3H2O7.H3N/c1-2-4-6-5-3-1;4-1(5)9-3(8)10-2(6)7;/h1-6H;(H,4,5)(H,6,7);1H3. The average Bonchev–Trinajstić information content (AvgIpc) is 2.18. The molecule has 0 radical (unpaired) electrons. The van der Waals surface area contributed by atoms with Crippen molar-refractivity contribution in [2.75, 3.05) is 0 Å². The van der Waals surface area contributed by atoms with Gasteiger partial charge in [0.2, 0.25) is 0 Å². The molecule has 17 heavy (non-hydrogen) atoms. The van der Waals surface area contributed by atoms with Crippen molar-refractivity contribution in [1.82, 2.24) is 6.15 Å². The van der Waals surface area contributed by atoms with E-state index in [2.05, 4.69) is 9.47 Å². The van der Waals surface area contributed by atoms with Gasteiger partial charge in [-0.1, -0.05) is 36.4 Å². The molecule has 8 nitrogen and oxygen atoms in total. The number of hydrogen-bond acceptors (Lipinski definition) is 6. The van der Waals surface area contributed by atoms with Gasteiger partial charge in [0.25, 0.3) is 0 Å². The van der Waals surface area contributed by atoms with Gasteiger partial charge < -0.3 is 25.8 Å². The summed E-state index contributed by atoms with van der Waals surface area (Å²) in [5.41, 5.74) is 0. The van der Waals surface area contributed by atoms with Crippen LogP contribution in [0.15, 0.2) is 36.4 Å². The minimum absolute atomic E-state index is 0. The topological polar surface area (TPSA) is 145 Å². The Labute approximate surface area is 96.0 Å². The second-order valence-electron chi connectivity index (χ2n) is 2.14. The number of ether oxygens (including phenoxy) is 2. The molecule has 1 aromatic rings. The van der Waals surface area contributed by atoms with E-state index < -0.39 is 18.5 Å². The highest BCUT2D eigenvalue weighted by Gasteiger charge is 2.13. The van der Waals surface area contributed by atoms with Crippen LogP contribution in [-0.4, -0.2) is 28.7 Å². The monoisotopic (exact) mass is 245 g/mol. The van der Waals surface area contributed by atoms with Gasteiger partial charge in [0.15, 0.2) is 0 Å². The van der Waals surface area contributed by atoms with Gasteiger partial charge in [-0.2, -0.15) is 0 Å². The second-order valence-corrected chi connectivity index (χ2v) is 2.14. The molecule has 0 saturated carbocycles. The van der Waals surface area contributed by atoms with Crippen LogP contribution >= 0.6 is 0 Å². The number of carbonyl (C=O) groups excluding carboxylic acids is 1. The molecule has 0 spiro atoms.